The summed E-state index contributed by atoms with van der Waals surface area (Å²) < 4.78 is 18.2. The Bertz CT molecular complexity index is 482. The fourth-order valence-corrected chi connectivity index (χ4v) is 2.38. The Labute approximate surface area is 124 Å². The Hall–Kier alpha value is -1.33. The molecule has 2 rings (SSSR count). The Morgan fingerprint density at radius 3 is 2.80 bits per heavy atom. The third kappa shape index (κ3) is 3.41. The molecule has 1 aromatic carbocycles. The van der Waals surface area contributed by atoms with Gasteiger partial charge < -0.3 is 15.4 Å². The molecule has 1 heterocycles. The van der Waals surface area contributed by atoms with E-state index in [4.69, 9.17) is 10.5 Å². The van der Waals surface area contributed by atoms with E-state index in [1.165, 1.54) is 25.3 Å². The molecule has 2 atom stereocenters. The molecule has 0 bridgehead atoms. The van der Waals surface area contributed by atoms with Crippen LogP contribution in [0.1, 0.15) is 23.7 Å². The number of amides is 1. The lowest BCUT2D eigenvalue weighted by atomic mass is 10.0. The molecule has 1 amide bonds. The van der Waals surface area contributed by atoms with E-state index in [1.807, 2.05) is 6.92 Å². The van der Waals surface area contributed by atoms with Crippen LogP contribution in [-0.2, 0) is 0 Å². The highest BCUT2D eigenvalue weighted by Gasteiger charge is 2.29. The number of hydrogen-bond donors (Lipinski definition) is 1. The Morgan fingerprint density at radius 2 is 2.25 bits per heavy atom. The summed E-state index contributed by atoms with van der Waals surface area (Å²) in [4.78, 5) is 14.1. The molecule has 0 spiro atoms. The predicted octanol–water partition coefficient (Wildman–Crippen LogP) is 2.07. The van der Waals surface area contributed by atoms with Gasteiger partial charge in [0, 0.05) is 24.7 Å². The summed E-state index contributed by atoms with van der Waals surface area (Å²) in [7, 11) is 1.38. The number of ether oxygens (including phenoxy) is 1. The molecule has 112 valence electrons. The largest absolute Gasteiger partial charge is 0.494 e. The molecule has 0 aliphatic carbocycles. The summed E-state index contributed by atoms with van der Waals surface area (Å²) in [5.74, 6) is -0.129. The molecule has 0 radical (unpaired) electrons. The number of carbonyl (C=O) groups is 1. The first-order valence-electron chi connectivity index (χ1n) is 6.41. The van der Waals surface area contributed by atoms with Crippen LogP contribution in [0.25, 0.3) is 0 Å². The van der Waals surface area contributed by atoms with E-state index in [1.54, 1.807) is 4.90 Å². The quantitative estimate of drug-likeness (QED) is 0.930. The molecule has 6 heteroatoms. The van der Waals surface area contributed by atoms with E-state index in [0.29, 0.717) is 24.6 Å². The lowest BCUT2D eigenvalue weighted by Crippen LogP contribution is -2.33. The van der Waals surface area contributed by atoms with Gasteiger partial charge in [-0.25, -0.2) is 4.39 Å². The number of halogens is 2. The van der Waals surface area contributed by atoms with E-state index in [-0.39, 0.29) is 30.1 Å². The number of likely N-dealkylation sites (tertiary alicyclic amines) is 1. The minimum absolute atomic E-state index is 0. The van der Waals surface area contributed by atoms with Crippen LogP contribution >= 0.6 is 12.4 Å². The molecule has 1 saturated heterocycles. The van der Waals surface area contributed by atoms with Crippen molar-refractivity contribution in [3.8, 4) is 5.75 Å². The number of benzene rings is 1. The van der Waals surface area contributed by atoms with Crippen molar-refractivity contribution in [1.82, 2.24) is 4.90 Å². The van der Waals surface area contributed by atoms with Gasteiger partial charge >= 0.3 is 0 Å². The minimum Gasteiger partial charge on any atom is -0.494 e. The predicted molar refractivity (Wildman–Crippen MR) is 77.9 cm³/mol. The van der Waals surface area contributed by atoms with Crippen molar-refractivity contribution in [2.45, 2.75) is 19.4 Å². The molecule has 1 fully saturated rings. The first-order chi connectivity index (χ1) is 9.02. The maximum absolute atomic E-state index is 13.3. The van der Waals surface area contributed by atoms with Gasteiger partial charge in [0.15, 0.2) is 11.6 Å². The van der Waals surface area contributed by atoms with Crippen molar-refractivity contribution < 1.29 is 13.9 Å². The van der Waals surface area contributed by atoms with E-state index < -0.39 is 5.82 Å². The van der Waals surface area contributed by atoms with Crippen molar-refractivity contribution in [3.05, 3.63) is 29.6 Å². The number of methoxy groups -OCH3 is 1. The summed E-state index contributed by atoms with van der Waals surface area (Å²) in [6, 6.07) is 4.27. The molecule has 4 nitrogen and oxygen atoms in total. The lowest BCUT2D eigenvalue weighted by molar-refractivity contribution is 0.0785. The molecule has 20 heavy (non-hydrogen) atoms. The van der Waals surface area contributed by atoms with Gasteiger partial charge in [-0.1, -0.05) is 0 Å². The van der Waals surface area contributed by atoms with Crippen LogP contribution in [0.4, 0.5) is 4.39 Å². The van der Waals surface area contributed by atoms with Crippen molar-refractivity contribution in [3.63, 3.8) is 0 Å². The highest BCUT2D eigenvalue weighted by atomic mass is 35.5. The van der Waals surface area contributed by atoms with E-state index in [9.17, 15) is 9.18 Å². The first kappa shape index (κ1) is 16.7. The summed E-state index contributed by atoms with van der Waals surface area (Å²) in [6.07, 6.45) is 0.918. The summed E-state index contributed by atoms with van der Waals surface area (Å²) in [6.45, 7) is 3.32. The zero-order chi connectivity index (χ0) is 14.0. The van der Waals surface area contributed by atoms with Crippen molar-refractivity contribution in [2.75, 3.05) is 20.2 Å². The normalized spacial score (nSPS) is 19.4. The summed E-state index contributed by atoms with van der Waals surface area (Å²) in [5.41, 5.74) is 6.30. The third-order valence-electron chi connectivity index (χ3n) is 3.65. The van der Waals surface area contributed by atoms with Crippen molar-refractivity contribution in [2.24, 2.45) is 11.7 Å². The number of nitrogens with two attached hydrogens (primary N) is 1. The van der Waals surface area contributed by atoms with Gasteiger partial charge in [0.25, 0.3) is 5.91 Å². The smallest absolute Gasteiger partial charge is 0.254 e. The zero-order valence-corrected chi connectivity index (χ0v) is 12.5. The summed E-state index contributed by atoms with van der Waals surface area (Å²) in [5, 5.41) is 0. The highest BCUT2D eigenvalue weighted by Crippen LogP contribution is 2.23. The van der Waals surface area contributed by atoms with Crippen LogP contribution in [0.15, 0.2) is 18.2 Å². The molecule has 0 saturated carbocycles. The highest BCUT2D eigenvalue weighted by molar-refractivity contribution is 5.94. The van der Waals surface area contributed by atoms with Crippen LogP contribution in [0.2, 0.25) is 0 Å². The average molecular weight is 303 g/mol. The molecule has 1 aliphatic heterocycles. The van der Waals surface area contributed by atoms with Crippen molar-refractivity contribution >= 4 is 18.3 Å². The van der Waals surface area contributed by atoms with Gasteiger partial charge in [-0.2, -0.15) is 0 Å². The summed E-state index contributed by atoms with van der Waals surface area (Å²) >= 11 is 0. The van der Waals surface area contributed by atoms with Gasteiger partial charge in [-0.15, -0.1) is 12.4 Å². The molecule has 2 N–H and O–H groups in total. The van der Waals surface area contributed by atoms with Gasteiger partial charge in [-0.05, 0) is 37.5 Å². The maximum atomic E-state index is 13.3. The zero-order valence-electron chi connectivity index (χ0n) is 11.6. The second-order valence-corrected chi connectivity index (χ2v) is 5.01. The van der Waals surface area contributed by atoms with Crippen LogP contribution < -0.4 is 10.5 Å². The second-order valence-electron chi connectivity index (χ2n) is 5.01. The molecular formula is C14H20ClFN2O2. The molecule has 1 aliphatic rings. The van der Waals surface area contributed by atoms with E-state index >= 15 is 0 Å². The minimum atomic E-state index is -0.464. The standard InChI is InChI=1S/C14H19FN2O2.ClH/c1-9(16)11-5-6-17(8-11)14(18)10-3-4-12(15)13(7-10)19-2;/h3-4,7,9,11H,5-6,8,16H2,1-2H3;1H. The van der Waals surface area contributed by atoms with E-state index in [0.717, 1.165) is 6.42 Å². The number of hydrogen-bond acceptors (Lipinski definition) is 3. The topological polar surface area (TPSA) is 55.6 Å². The lowest BCUT2D eigenvalue weighted by Gasteiger charge is -2.18. The Balaban J connectivity index is 0.00000200. The monoisotopic (exact) mass is 302 g/mol. The Morgan fingerprint density at radius 1 is 1.55 bits per heavy atom. The van der Waals surface area contributed by atoms with Crippen LogP contribution in [0.5, 0.6) is 5.75 Å². The number of nitrogens with zero attached hydrogens (tertiary/aromatic N) is 1. The van der Waals surface area contributed by atoms with Gasteiger partial charge in [0.1, 0.15) is 0 Å². The van der Waals surface area contributed by atoms with Crippen LogP contribution in [0.3, 0.4) is 0 Å². The van der Waals surface area contributed by atoms with Crippen LogP contribution in [0, 0.1) is 11.7 Å². The molecular weight excluding hydrogens is 283 g/mol. The van der Waals surface area contributed by atoms with Gasteiger partial charge in [0.2, 0.25) is 0 Å². The van der Waals surface area contributed by atoms with Crippen LogP contribution in [-0.4, -0.2) is 37.0 Å². The third-order valence-corrected chi connectivity index (χ3v) is 3.65. The fourth-order valence-electron chi connectivity index (χ4n) is 2.38. The SMILES string of the molecule is COc1cc(C(=O)N2CCC(C(C)N)C2)ccc1F.Cl. The molecule has 2 unspecified atom stereocenters. The maximum Gasteiger partial charge on any atom is 0.254 e. The Kier molecular flexibility index (Phi) is 5.77. The average Bonchev–Trinajstić information content (AvgIpc) is 2.88. The second kappa shape index (κ2) is 6.90. The van der Waals surface area contributed by atoms with Gasteiger partial charge in [-0.3, -0.25) is 4.79 Å². The van der Waals surface area contributed by atoms with E-state index in [2.05, 4.69) is 0 Å². The number of carbonyl (C=O) groups excluding carboxylic acids is 1. The van der Waals surface area contributed by atoms with Crippen molar-refractivity contribution in [1.29, 1.82) is 0 Å². The molecule has 1 aromatic rings. The fraction of sp³-hybridized carbons (Fsp3) is 0.500. The number of rotatable bonds is 3. The van der Waals surface area contributed by atoms with Gasteiger partial charge in [0.05, 0.1) is 7.11 Å². The first-order valence-corrected chi connectivity index (χ1v) is 6.41. The molecule has 0 aromatic heterocycles.